The Morgan fingerprint density at radius 1 is 1.21 bits per heavy atom. The third kappa shape index (κ3) is 4.08. The number of rotatable bonds is 7. The fraction of sp³-hybridized carbons (Fsp3) is 0.412. The second-order valence-electron chi connectivity index (χ2n) is 5.13. The van der Waals surface area contributed by atoms with Gasteiger partial charge >= 0.3 is 0 Å². The Morgan fingerprint density at radius 2 is 1.88 bits per heavy atom. The topological polar surface area (TPSA) is 50.8 Å². The molecular formula is C17H21BrN2O3S. The van der Waals surface area contributed by atoms with Gasteiger partial charge in [0.1, 0.15) is 17.2 Å². The summed E-state index contributed by atoms with van der Waals surface area (Å²) in [6.07, 6.45) is 2.61. The first-order valence-electron chi connectivity index (χ1n) is 7.95. The maximum absolute atomic E-state index is 12.5. The van der Waals surface area contributed by atoms with Crippen LogP contribution in [-0.2, 0) is 4.79 Å². The van der Waals surface area contributed by atoms with Crippen LogP contribution in [0, 0.1) is 0 Å². The van der Waals surface area contributed by atoms with E-state index < -0.39 is 0 Å². The van der Waals surface area contributed by atoms with Gasteiger partial charge in [-0.3, -0.25) is 9.69 Å². The highest BCUT2D eigenvalue weighted by molar-refractivity contribution is 9.10. The normalized spacial score (nSPS) is 15.8. The number of nitrogens with zero attached hydrogens (tertiary/aromatic N) is 1. The monoisotopic (exact) mass is 412 g/mol. The predicted molar refractivity (Wildman–Crippen MR) is 102 cm³/mol. The van der Waals surface area contributed by atoms with Crippen molar-refractivity contribution < 1.29 is 14.3 Å². The summed E-state index contributed by atoms with van der Waals surface area (Å²) in [5.41, 5.74) is 1.23. The lowest BCUT2D eigenvalue weighted by Gasteiger charge is -2.13. The summed E-state index contributed by atoms with van der Waals surface area (Å²) in [5.74, 6) is 1.25. The Morgan fingerprint density at radius 3 is 2.50 bits per heavy atom. The van der Waals surface area contributed by atoms with Crippen LogP contribution in [0.15, 0.2) is 22.3 Å². The van der Waals surface area contributed by atoms with Gasteiger partial charge in [0.2, 0.25) is 0 Å². The Labute approximate surface area is 156 Å². The molecule has 2 rings (SSSR count). The molecule has 1 heterocycles. The summed E-state index contributed by atoms with van der Waals surface area (Å²) < 4.78 is 12.1. The Bertz CT molecular complexity index is 676. The van der Waals surface area contributed by atoms with Crippen molar-refractivity contribution >= 4 is 45.2 Å². The van der Waals surface area contributed by atoms with E-state index in [1.807, 2.05) is 32.9 Å². The SMILES string of the molecule is CCCN1C(=O)/C(=C/c2cc(Br)c(OCC)cc2OCC)NC1=S. The molecule has 7 heteroatoms. The first kappa shape index (κ1) is 18.7. The summed E-state index contributed by atoms with van der Waals surface area (Å²) in [6.45, 7) is 7.53. The maximum atomic E-state index is 12.5. The molecule has 1 aromatic carbocycles. The van der Waals surface area contributed by atoms with Crippen molar-refractivity contribution in [3.8, 4) is 11.5 Å². The van der Waals surface area contributed by atoms with Crippen molar-refractivity contribution in [1.82, 2.24) is 10.2 Å². The van der Waals surface area contributed by atoms with Crippen molar-refractivity contribution in [3.05, 3.63) is 27.9 Å². The molecule has 0 spiro atoms. The highest BCUT2D eigenvalue weighted by Gasteiger charge is 2.30. The number of amides is 1. The predicted octanol–water partition coefficient (Wildman–Crippen LogP) is 3.71. The molecule has 5 nitrogen and oxygen atoms in total. The Kier molecular flexibility index (Phi) is 6.62. The van der Waals surface area contributed by atoms with Crippen LogP contribution in [0.25, 0.3) is 6.08 Å². The van der Waals surface area contributed by atoms with Crippen LogP contribution in [0.2, 0.25) is 0 Å². The molecule has 1 saturated heterocycles. The molecule has 1 aromatic rings. The van der Waals surface area contributed by atoms with Gasteiger partial charge in [0.15, 0.2) is 5.11 Å². The number of ether oxygens (including phenoxy) is 2. The van der Waals surface area contributed by atoms with Crippen molar-refractivity contribution in [1.29, 1.82) is 0 Å². The summed E-state index contributed by atoms with van der Waals surface area (Å²) in [7, 11) is 0. The zero-order valence-electron chi connectivity index (χ0n) is 14.0. The first-order chi connectivity index (χ1) is 11.5. The second-order valence-corrected chi connectivity index (χ2v) is 6.37. The number of hydrogen-bond donors (Lipinski definition) is 1. The highest BCUT2D eigenvalue weighted by Crippen LogP contribution is 2.34. The lowest BCUT2D eigenvalue weighted by atomic mass is 10.1. The molecule has 24 heavy (non-hydrogen) atoms. The molecule has 0 unspecified atom stereocenters. The minimum absolute atomic E-state index is 0.116. The minimum atomic E-state index is -0.116. The number of thiocarbonyl (C=S) groups is 1. The number of nitrogens with one attached hydrogen (secondary N) is 1. The smallest absolute Gasteiger partial charge is 0.276 e. The number of benzene rings is 1. The molecule has 1 amide bonds. The molecule has 1 fully saturated rings. The van der Waals surface area contributed by atoms with E-state index in [1.165, 1.54) is 0 Å². The molecule has 0 saturated carbocycles. The van der Waals surface area contributed by atoms with Crippen molar-refractivity contribution in [2.24, 2.45) is 0 Å². The van der Waals surface area contributed by atoms with E-state index in [9.17, 15) is 4.79 Å². The van der Waals surface area contributed by atoms with E-state index in [4.69, 9.17) is 21.7 Å². The first-order valence-corrected chi connectivity index (χ1v) is 9.15. The number of carbonyl (C=O) groups is 1. The summed E-state index contributed by atoms with van der Waals surface area (Å²) in [5, 5.41) is 3.42. The summed E-state index contributed by atoms with van der Waals surface area (Å²) in [6, 6.07) is 3.70. The van der Waals surface area contributed by atoms with E-state index in [0.717, 1.165) is 16.5 Å². The molecule has 0 aromatic heterocycles. The molecular weight excluding hydrogens is 392 g/mol. The molecule has 1 aliphatic heterocycles. The van der Waals surface area contributed by atoms with Crippen LogP contribution in [0.1, 0.15) is 32.8 Å². The van der Waals surface area contributed by atoms with Gasteiger partial charge in [-0.25, -0.2) is 0 Å². The minimum Gasteiger partial charge on any atom is -0.493 e. The average Bonchev–Trinajstić information content (AvgIpc) is 2.80. The van der Waals surface area contributed by atoms with Gasteiger partial charge in [-0.15, -0.1) is 0 Å². The number of halogens is 1. The quantitative estimate of drug-likeness (QED) is 0.546. The summed E-state index contributed by atoms with van der Waals surface area (Å²) in [4.78, 5) is 14.0. The number of carbonyl (C=O) groups excluding carboxylic acids is 1. The Hall–Kier alpha value is -1.60. The van der Waals surface area contributed by atoms with E-state index in [2.05, 4.69) is 21.2 Å². The zero-order valence-corrected chi connectivity index (χ0v) is 16.4. The van der Waals surface area contributed by atoms with E-state index >= 15 is 0 Å². The zero-order chi connectivity index (χ0) is 17.7. The van der Waals surface area contributed by atoms with Gasteiger partial charge in [0, 0.05) is 18.2 Å². The number of hydrogen-bond acceptors (Lipinski definition) is 4. The fourth-order valence-electron chi connectivity index (χ4n) is 2.36. The standard InChI is InChI=1S/C17H21BrN2O3S/c1-4-7-20-16(21)13(19-17(20)24)9-11-8-12(18)15(23-6-3)10-14(11)22-5-2/h8-10H,4-7H2,1-3H3,(H,19,24)/b13-9-. The van der Waals surface area contributed by atoms with Crippen LogP contribution in [0.3, 0.4) is 0 Å². The van der Waals surface area contributed by atoms with Gasteiger partial charge in [0.05, 0.1) is 17.7 Å². The summed E-state index contributed by atoms with van der Waals surface area (Å²) >= 11 is 8.73. The van der Waals surface area contributed by atoms with E-state index in [-0.39, 0.29) is 5.91 Å². The molecule has 0 atom stereocenters. The largest absolute Gasteiger partial charge is 0.493 e. The molecule has 0 radical (unpaired) electrons. The third-order valence-corrected chi connectivity index (χ3v) is 4.32. The maximum Gasteiger partial charge on any atom is 0.276 e. The highest BCUT2D eigenvalue weighted by atomic mass is 79.9. The van der Waals surface area contributed by atoms with Gasteiger partial charge < -0.3 is 14.8 Å². The van der Waals surface area contributed by atoms with Crippen LogP contribution < -0.4 is 14.8 Å². The lowest BCUT2D eigenvalue weighted by molar-refractivity contribution is -0.122. The van der Waals surface area contributed by atoms with Crippen LogP contribution in [-0.4, -0.2) is 35.7 Å². The average molecular weight is 413 g/mol. The van der Waals surface area contributed by atoms with Crippen LogP contribution in [0.4, 0.5) is 0 Å². The van der Waals surface area contributed by atoms with Crippen molar-refractivity contribution in [2.45, 2.75) is 27.2 Å². The van der Waals surface area contributed by atoms with Crippen molar-refractivity contribution in [3.63, 3.8) is 0 Å². The van der Waals surface area contributed by atoms with Crippen LogP contribution >= 0.6 is 28.1 Å². The van der Waals surface area contributed by atoms with Gasteiger partial charge in [0.25, 0.3) is 5.91 Å². The molecule has 0 aliphatic carbocycles. The van der Waals surface area contributed by atoms with Gasteiger partial charge in [-0.2, -0.15) is 0 Å². The molecule has 130 valence electrons. The van der Waals surface area contributed by atoms with E-state index in [1.54, 1.807) is 11.0 Å². The molecule has 1 aliphatic rings. The molecule has 0 bridgehead atoms. The third-order valence-electron chi connectivity index (χ3n) is 3.37. The fourth-order valence-corrected chi connectivity index (χ4v) is 3.12. The second kappa shape index (κ2) is 8.48. The van der Waals surface area contributed by atoms with Crippen molar-refractivity contribution in [2.75, 3.05) is 19.8 Å². The van der Waals surface area contributed by atoms with Gasteiger partial charge in [-0.05, 0) is 60.6 Å². The van der Waals surface area contributed by atoms with Crippen LogP contribution in [0.5, 0.6) is 11.5 Å². The van der Waals surface area contributed by atoms with E-state index in [0.29, 0.717) is 42.1 Å². The molecule has 1 N–H and O–H groups in total. The van der Waals surface area contributed by atoms with Gasteiger partial charge in [-0.1, -0.05) is 6.92 Å². The Balaban J connectivity index is 2.39. The lowest BCUT2D eigenvalue weighted by Crippen LogP contribution is -2.31.